The zero-order valence-electron chi connectivity index (χ0n) is 8.15. The fourth-order valence-corrected chi connectivity index (χ4v) is 1.10. The number of rotatable bonds is 2. The van der Waals surface area contributed by atoms with Crippen LogP contribution in [0.5, 0.6) is 0 Å². The van der Waals surface area contributed by atoms with E-state index in [9.17, 15) is 4.39 Å². The van der Waals surface area contributed by atoms with Crippen molar-refractivity contribution in [2.75, 3.05) is 7.11 Å². The number of ether oxygens (including phenoxy) is 1. The van der Waals surface area contributed by atoms with E-state index in [4.69, 9.17) is 4.74 Å². The van der Waals surface area contributed by atoms with Gasteiger partial charge in [-0.3, -0.25) is 0 Å². The highest BCUT2D eigenvalue weighted by Crippen LogP contribution is 2.19. The molecule has 0 amide bonds. The second-order valence-electron chi connectivity index (χ2n) is 3.03. The predicted molar refractivity (Wildman–Crippen MR) is 51.9 cm³/mol. The van der Waals surface area contributed by atoms with Gasteiger partial charge in [0.1, 0.15) is 11.6 Å². The van der Waals surface area contributed by atoms with Gasteiger partial charge >= 0.3 is 0 Å². The number of hydrogen-bond donors (Lipinski definition) is 0. The molecule has 2 heteroatoms. The lowest BCUT2D eigenvalue weighted by molar-refractivity contribution is 0.371. The van der Waals surface area contributed by atoms with Crippen LogP contribution >= 0.6 is 0 Å². The van der Waals surface area contributed by atoms with Crippen LogP contribution < -0.4 is 0 Å². The molecule has 1 rings (SSSR count). The van der Waals surface area contributed by atoms with Crippen molar-refractivity contribution in [1.29, 1.82) is 0 Å². The molecule has 0 aliphatic heterocycles. The van der Waals surface area contributed by atoms with Crippen LogP contribution in [-0.2, 0) is 4.74 Å². The summed E-state index contributed by atoms with van der Waals surface area (Å²) < 4.78 is 18.2. The average Bonchev–Trinajstić information content (AvgIpc) is 2.12. The molecule has 0 saturated heterocycles. The summed E-state index contributed by atoms with van der Waals surface area (Å²) in [7, 11) is 1.52. The molecule has 1 aromatic rings. The highest BCUT2D eigenvalue weighted by Gasteiger charge is 2.05. The van der Waals surface area contributed by atoms with Crippen LogP contribution in [0.3, 0.4) is 0 Å². The van der Waals surface area contributed by atoms with E-state index in [0.717, 1.165) is 5.56 Å². The maximum absolute atomic E-state index is 13.2. The van der Waals surface area contributed by atoms with E-state index in [2.05, 4.69) is 6.58 Å². The minimum Gasteiger partial charge on any atom is -0.497 e. The number of hydrogen-bond acceptors (Lipinski definition) is 1. The highest BCUT2D eigenvalue weighted by atomic mass is 19.1. The molecule has 0 N–H and O–H groups in total. The van der Waals surface area contributed by atoms with Crippen LogP contribution in [0.1, 0.15) is 16.7 Å². The normalized spacial score (nSPS) is 9.85. The third-order valence-corrected chi connectivity index (χ3v) is 2.17. The summed E-state index contributed by atoms with van der Waals surface area (Å²) in [6, 6.07) is 3.30. The Bertz CT molecular complexity index is 319. The molecule has 0 atom stereocenters. The van der Waals surface area contributed by atoms with Gasteiger partial charge in [-0.2, -0.15) is 0 Å². The summed E-state index contributed by atoms with van der Waals surface area (Å²) in [5, 5.41) is 0. The molecule has 0 spiro atoms. The Morgan fingerprint density at radius 1 is 1.38 bits per heavy atom. The predicted octanol–water partition coefficient (Wildman–Crippen LogP) is 3.06. The van der Waals surface area contributed by atoms with Gasteiger partial charge in [0, 0.05) is 5.56 Å². The minimum absolute atomic E-state index is 0.215. The highest BCUT2D eigenvalue weighted by molar-refractivity contribution is 5.59. The van der Waals surface area contributed by atoms with Crippen LogP contribution in [0.2, 0.25) is 0 Å². The van der Waals surface area contributed by atoms with Gasteiger partial charge in [-0.15, -0.1) is 0 Å². The molecular formula is C11H13FO. The Hall–Kier alpha value is -1.31. The molecular weight excluding hydrogens is 167 g/mol. The molecule has 0 aliphatic carbocycles. The quantitative estimate of drug-likeness (QED) is 0.635. The molecule has 1 aromatic carbocycles. The monoisotopic (exact) mass is 180 g/mol. The molecule has 0 fully saturated rings. The largest absolute Gasteiger partial charge is 0.497 e. The standard InChI is InChI=1S/C11H13FO/c1-7-5-10(9(3)13-4)6-11(12)8(7)2/h5-6H,3H2,1-2,4H3. The fourth-order valence-electron chi connectivity index (χ4n) is 1.10. The summed E-state index contributed by atoms with van der Waals surface area (Å²) in [6.45, 7) is 7.29. The van der Waals surface area contributed by atoms with Crippen molar-refractivity contribution in [3.63, 3.8) is 0 Å². The maximum atomic E-state index is 13.2. The van der Waals surface area contributed by atoms with Crippen molar-refractivity contribution in [3.8, 4) is 0 Å². The van der Waals surface area contributed by atoms with Gasteiger partial charge in [0.2, 0.25) is 0 Å². The molecule has 0 aliphatic rings. The molecule has 13 heavy (non-hydrogen) atoms. The number of aryl methyl sites for hydroxylation is 1. The lowest BCUT2D eigenvalue weighted by Crippen LogP contribution is -1.93. The molecule has 0 unspecified atom stereocenters. The van der Waals surface area contributed by atoms with Crippen LogP contribution in [0.15, 0.2) is 18.7 Å². The van der Waals surface area contributed by atoms with Crippen molar-refractivity contribution in [2.45, 2.75) is 13.8 Å². The van der Waals surface area contributed by atoms with E-state index in [1.807, 2.05) is 13.0 Å². The zero-order valence-corrected chi connectivity index (χ0v) is 8.15. The first kappa shape index (κ1) is 9.78. The van der Waals surface area contributed by atoms with Crippen LogP contribution in [-0.4, -0.2) is 7.11 Å². The zero-order chi connectivity index (χ0) is 10.0. The Morgan fingerprint density at radius 2 is 2.00 bits per heavy atom. The van der Waals surface area contributed by atoms with Gasteiger partial charge in [0.05, 0.1) is 7.11 Å². The molecule has 0 bridgehead atoms. The van der Waals surface area contributed by atoms with E-state index in [1.165, 1.54) is 13.2 Å². The first-order valence-electron chi connectivity index (χ1n) is 4.06. The molecule has 0 saturated carbocycles. The van der Waals surface area contributed by atoms with Crippen LogP contribution in [0, 0.1) is 19.7 Å². The first-order chi connectivity index (χ1) is 6.06. The van der Waals surface area contributed by atoms with Crippen LogP contribution in [0.4, 0.5) is 4.39 Å². The van der Waals surface area contributed by atoms with Gasteiger partial charge in [0.15, 0.2) is 0 Å². The van der Waals surface area contributed by atoms with Crippen molar-refractivity contribution in [2.24, 2.45) is 0 Å². The number of methoxy groups -OCH3 is 1. The SMILES string of the molecule is C=C(OC)c1cc(C)c(C)c(F)c1. The minimum atomic E-state index is -0.215. The van der Waals surface area contributed by atoms with E-state index in [0.29, 0.717) is 16.9 Å². The molecule has 0 radical (unpaired) electrons. The van der Waals surface area contributed by atoms with Gasteiger partial charge in [-0.25, -0.2) is 4.39 Å². The van der Waals surface area contributed by atoms with Crippen molar-refractivity contribution in [3.05, 3.63) is 41.2 Å². The summed E-state index contributed by atoms with van der Waals surface area (Å²) in [5.41, 5.74) is 2.28. The number of benzene rings is 1. The second kappa shape index (κ2) is 3.60. The third kappa shape index (κ3) is 1.89. The van der Waals surface area contributed by atoms with Gasteiger partial charge in [-0.05, 0) is 37.1 Å². The average molecular weight is 180 g/mol. The Balaban J connectivity index is 3.20. The van der Waals surface area contributed by atoms with Gasteiger partial charge in [-0.1, -0.05) is 6.58 Å². The van der Waals surface area contributed by atoms with E-state index < -0.39 is 0 Å². The first-order valence-corrected chi connectivity index (χ1v) is 4.06. The van der Waals surface area contributed by atoms with Gasteiger partial charge in [0.25, 0.3) is 0 Å². The summed E-state index contributed by atoms with van der Waals surface area (Å²) in [4.78, 5) is 0. The van der Waals surface area contributed by atoms with Gasteiger partial charge < -0.3 is 4.74 Å². The Morgan fingerprint density at radius 3 is 2.46 bits per heavy atom. The van der Waals surface area contributed by atoms with E-state index in [-0.39, 0.29) is 5.82 Å². The molecule has 70 valence electrons. The molecule has 0 aromatic heterocycles. The Labute approximate surface area is 77.8 Å². The third-order valence-electron chi connectivity index (χ3n) is 2.17. The fraction of sp³-hybridized carbons (Fsp3) is 0.273. The molecule has 1 nitrogen and oxygen atoms in total. The van der Waals surface area contributed by atoms with Crippen molar-refractivity contribution in [1.82, 2.24) is 0 Å². The van der Waals surface area contributed by atoms with E-state index >= 15 is 0 Å². The summed E-state index contributed by atoms with van der Waals surface area (Å²) in [5.74, 6) is 0.273. The van der Waals surface area contributed by atoms with Crippen molar-refractivity contribution < 1.29 is 9.13 Å². The Kier molecular flexibility index (Phi) is 2.71. The maximum Gasteiger partial charge on any atom is 0.127 e. The second-order valence-corrected chi connectivity index (χ2v) is 3.03. The summed E-state index contributed by atoms with van der Waals surface area (Å²) in [6.07, 6.45) is 0. The van der Waals surface area contributed by atoms with E-state index in [1.54, 1.807) is 6.92 Å². The topological polar surface area (TPSA) is 9.23 Å². The lowest BCUT2D eigenvalue weighted by atomic mass is 10.0. The summed E-state index contributed by atoms with van der Waals surface area (Å²) >= 11 is 0. The van der Waals surface area contributed by atoms with Crippen molar-refractivity contribution >= 4 is 5.76 Å². The van der Waals surface area contributed by atoms with Crippen LogP contribution in [0.25, 0.3) is 5.76 Å². The smallest absolute Gasteiger partial charge is 0.127 e. The molecule has 0 heterocycles. The lowest BCUT2D eigenvalue weighted by Gasteiger charge is -2.08. The number of halogens is 1.